The summed E-state index contributed by atoms with van der Waals surface area (Å²) < 4.78 is 19.3. The molecule has 1 heterocycles. The van der Waals surface area contributed by atoms with Crippen LogP contribution in [0.2, 0.25) is 0 Å². The van der Waals surface area contributed by atoms with Crippen LogP contribution in [0.3, 0.4) is 0 Å². The Labute approximate surface area is 74.3 Å². The van der Waals surface area contributed by atoms with Crippen LogP contribution in [0.5, 0.6) is 0 Å². The highest BCUT2D eigenvalue weighted by Gasteiger charge is 2.44. The van der Waals surface area contributed by atoms with Gasteiger partial charge >= 0.3 is 0 Å². The van der Waals surface area contributed by atoms with E-state index in [-0.39, 0.29) is 12.2 Å². The molecular formula is C10H19FO. The molecule has 2 heteroatoms. The van der Waals surface area contributed by atoms with Crippen LogP contribution in [0.25, 0.3) is 0 Å². The Hall–Kier alpha value is -0.110. The summed E-state index contributed by atoms with van der Waals surface area (Å²) in [7, 11) is 0. The molecule has 12 heavy (non-hydrogen) atoms. The summed E-state index contributed by atoms with van der Waals surface area (Å²) >= 11 is 0. The van der Waals surface area contributed by atoms with E-state index in [1.165, 1.54) is 0 Å². The number of hydrogen-bond donors (Lipinski definition) is 0. The third-order valence-corrected chi connectivity index (χ3v) is 2.24. The Kier molecular flexibility index (Phi) is 2.48. The number of halogens is 1. The minimum Gasteiger partial charge on any atom is -0.372 e. The van der Waals surface area contributed by atoms with Crippen LogP contribution in [-0.2, 0) is 4.74 Å². The highest BCUT2D eigenvalue weighted by atomic mass is 19.1. The van der Waals surface area contributed by atoms with Gasteiger partial charge in [-0.2, -0.15) is 0 Å². The van der Waals surface area contributed by atoms with E-state index < -0.39 is 5.67 Å². The Bertz CT molecular complexity index is 165. The lowest BCUT2D eigenvalue weighted by Crippen LogP contribution is -2.27. The van der Waals surface area contributed by atoms with E-state index in [1.807, 2.05) is 27.7 Å². The second kappa shape index (κ2) is 2.99. The molecule has 0 aromatic carbocycles. The molecule has 0 amide bonds. The third kappa shape index (κ3) is 2.44. The van der Waals surface area contributed by atoms with Gasteiger partial charge in [0, 0.05) is 6.42 Å². The average molecular weight is 174 g/mol. The van der Waals surface area contributed by atoms with E-state index in [4.69, 9.17) is 4.74 Å². The van der Waals surface area contributed by atoms with Crippen LogP contribution < -0.4 is 0 Å². The molecule has 0 aliphatic carbocycles. The minimum absolute atomic E-state index is 0.260. The fourth-order valence-corrected chi connectivity index (χ4v) is 2.05. The van der Waals surface area contributed by atoms with E-state index in [1.54, 1.807) is 0 Å². The number of rotatable bonds is 2. The van der Waals surface area contributed by atoms with Crippen molar-refractivity contribution in [2.45, 2.75) is 51.8 Å². The van der Waals surface area contributed by atoms with Gasteiger partial charge in [0.15, 0.2) is 0 Å². The van der Waals surface area contributed by atoms with Crippen LogP contribution in [0.4, 0.5) is 4.39 Å². The topological polar surface area (TPSA) is 9.23 Å². The molecule has 0 N–H and O–H groups in total. The maximum absolute atomic E-state index is 13.9. The summed E-state index contributed by atoms with van der Waals surface area (Å²) in [5, 5.41) is 0. The van der Waals surface area contributed by atoms with Gasteiger partial charge in [-0.05, 0) is 26.2 Å². The smallest absolute Gasteiger partial charge is 0.137 e. The van der Waals surface area contributed by atoms with E-state index in [0.717, 1.165) is 0 Å². The first kappa shape index (κ1) is 9.97. The molecule has 1 saturated heterocycles. The van der Waals surface area contributed by atoms with Gasteiger partial charge in [0.05, 0.1) is 12.2 Å². The molecule has 1 nitrogen and oxygen atoms in total. The van der Waals surface area contributed by atoms with E-state index >= 15 is 0 Å². The minimum atomic E-state index is -1.07. The second-order valence-corrected chi connectivity index (χ2v) is 4.97. The third-order valence-electron chi connectivity index (χ3n) is 2.24. The van der Waals surface area contributed by atoms with Crippen LogP contribution in [0.15, 0.2) is 0 Å². The van der Waals surface area contributed by atoms with Gasteiger partial charge < -0.3 is 4.74 Å². The maximum Gasteiger partial charge on any atom is 0.137 e. The normalized spacial score (nSPS) is 34.5. The largest absolute Gasteiger partial charge is 0.372 e. The number of alkyl halides is 1. The average Bonchev–Trinajstić information content (AvgIpc) is 2.03. The van der Waals surface area contributed by atoms with Gasteiger partial charge in [0.25, 0.3) is 0 Å². The molecule has 0 spiro atoms. The first-order chi connectivity index (χ1) is 5.33. The zero-order valence-corrected chi connectivity index (χ0v) is 8.48. The first-order valence-corrected chi connectivity index (χ1v) is 4.66. The van der Waals surface area contributed by atoms with Crippen molar-refractivity contribution in [1.82, 2.24) is 0 Å². The Balaban J connectivity index is 2.53. The summed E-state index contributed by atoms with van der Waals surface area (Å²) in [5.74, 6) is 0.410. The van der Waals surface area contributed by atoms with Gasteiger partial charge in [-0.3, -0.25) is 0 Å². The van der Waals surface area contributed by atoms with Crippen LogP contribution in [0, 0.1) is 5.92 Å². The fourth-order valence-electron chi connectivity index (χ4n) is 2.05. The molecule has 1 fully saturated rings. The highest BCUT2D eigenvalue weighted by molar-refractivity contribution is 4.93. The van der Waals surface area contributed by atoms with Gasteiger partial charge in [0.1, 0.15) is 5.67 Å². The molecule has 1 atom stereocenters. The molecule has 1 unspecified atom stereocenters. The van der Waals surface area contributed by atoms with Crippen LogP contribution >= 0.6 is 0 Å². The Morgan fingerprint density at radius 1 is 1.42 bits per heavy atom. The zero-order chi connectivity index (χ0) is 9.41. The SMILES string of the molecule is CC(C)CC1(F)COC(C)(C)C1. The summed E-state index contributed by atoms with van der Waals surface area (Å²) in [4.78, 5) is 0. The molecule has 0 radical (unpaired) electrons. The van der Waals surface area contributed by atoms with Crippen molar-refractivity contribution in [3.8, 4) is 0 Å². The monoisotopic (exact) mass is 174 g/mol. The lowest BCUT2D eigenvalue weighted by Gasteiger charge is -2.21. The Morgan fingerprint density at radius 2 is 2.00 bits per heavy atom. The fraction of sp³-hybridized carbons (Fsp3) is 1.00. The predicted octanol–water partition coefficient (Wildman–Crippen LogP) is 2.94. The quantitative estimate of drug-likeness (QED) is 0.625. The zero-order valence-electron chi connectivity index (χ0n) is 8.48. The summed E-state index contributed by atoms with van der Waals surface area (Å²) in [5.41, 5.74) is -1.33. The number of hydrogen-bond acceptors (Lipinski definition) is 1. The molecule has 1 rings (SSSR count). The molecule has 1 aliphatic heterocycles. The predicted molar refractivity (Wildman–Crippen MR) is 47.9 cm³/mol. The second-order valence-electron chi connectivity index (χ2n) is 4.97. The van der Waals surface area contributed by atoms with Gasteiger partial charge in [-0.15, -0.1) is 0 Å². The molecule has 1 aliphatic rings. The van der Waals surface area contributed by atoms with Crippen molar-refractivity contribution < 1.29 is 9.13 Å². The lowest BCUT2D eigenvalue weighted by molar-refractivity contribution is 0.0253. The van der Waals surface area contributed by atoms with Crippen molar-refractivity contribution in [2.24, 2.45) is 5.92 Å². The maximum atomic E-state index is 13.9. The first-order valence-electron chi connectivity index (χ1n) is 4.66. The van der Waals surface area contributed by atoms with E-state index in [0.29, 0.717) is 18.8 Å². The van der Waals surface area contributed by atoms with Crippen molar-refractivity contribution in [3.05, 3.63) is 0 Å². The van der Waals surface area contributed by atoms with Crippen molar-refractivity contribution in [3.63, 3.8) is 0 Å². The van der Waals surface area contributed by atoms with Crippen molar-refractivity contribution in [2.75, 3.05) is 6.61 Å². The van der Waals surface area contributed by atoms with Crippen LogP contribution in [-0.4, -0.2) is 17.9 Å². The van der Waals surface area contributed by atoms with Crippen molar-refractivity contribution >= 4 is 0 Å². The summed E-state index contributed by atoms with van der Waals surface area (Å²) in [6.07, 6.45) is 1.16. The molecule has 0 aromatic rings. The molecule has 0 aromatic heterocycles. The van der Waals surface area contributed by atoms with Gasteiger partial charge in [-0.25, -0.2) is 4.39 Å². The Morgan fingerprint density at radius 3 is 2.33 bits per heavy atom. The number of ether oxygens (including phenoxy) is 1. The standard InChI is InChI=1S/C10H19FO/c1-8(2)5-10(11)6-9(3,4)12-7-10/h8H,5-7H2,1-4H3. The van der Waals surface area contributed by atoms with E-state index in [9.17, 15) is 4.39 Å². The van der Waals surface area contributed by atoms with Gasteiger partial charge in [-0.1, -0.05) is 13.8 Å². The molecule has 0 bridgehead atoms. The summed E-state index contributed by atoms with van der Waals surface area (Å²) in [6, 6.07) is 0. The lowest BCUT2D eigenvalue weighted by atomic mass is 9.88. The van der Waals surface area contributed by atoms with Crippen LogP contribution in [0.1, 0.15) is 40.5 Å². The van der Waals surface area contributed by atoms with Crippen molar-refractivity contribution in [1.29, 1.82) is 0 Å². The summed E-state index contributed by atoms with van der Waals surface area (Å²) in [6.45, 7) is 8.28. The van der Waals surface area contributed by atoms with Gasteiger partial charge in [0.2, 0.25) is 0 Å². The molecular weight excluding hydrogens is 155 g/mol. The van der Waals surface area contributed by atoms with E-state index in [2.05, 4.69) is 0 Å². The highest BCUT2D eigenvalue weighted by Crippen LogP contribution is 2.39. The molecule has 72 valence electrons. The molecule has 0 saturated carbocycles.